The van der Waals surface area contributed by atoms with Gasteiger partial charge in [0.1, 0.15) is 0 Å². The van der Waals surface area contributed by atoms with Crippen molar-refractivity contribution in [2.45, 2.75) is 137 Å². The van der Waals surface area contributed by atoms with Crippen LogP contribution in [0.1, 0.15) is 120 Å². The fourth-order valence-corrected chi connectivity index (χ4v) is 6.55. The molecule has 0 amide bonds. The molecule has 0 fully saturated rings. The summed E-state index contributed by atoms with van der Waals surface area (Å²) >= 11 is -2.27. The summed E-state index contributed by atoms with van der Waals surface area (Å²) in [4.78, 5) is 0. The first kappa shape index (κ1) is 29.2. The van der Waals surface area contributed by atoms with Gasteiger partial charge >= 0.3 is 34.0 Å². The molecule has 0 bridgehead atoms. The summed E-state index contributed by atoms with van der Waals surface area (Å²) in [5.41, 5.74) is -0.337. The average Bonchev–Trinajstić information content (AvgIpc) is 2.68. The van der Waals surface area contributed by atoms with Crippen molar-refractivity contribution in [3.63, 3.8) is 0 Å². The van der Waals surface area contributed by atoms with Crippen LogP contribution >= 0.6 is 0 Å². The average molecular weight is 381 g/mol. The maximum atomic E-state index is 6.70. The number of hydrogen-bond donors (Lipinski definition) is 0. The van der Waals surface area contributed by atoms with Gasteiger partial charge in [-0.1, -0.05) is 62.3 Å². The minimum atomic E-state index is -2.27. The normalized spacial score (nSPS) is 12.8. The van der Waals surface area contributed by atoms with Gasteiger partial charge in [-0.2, -0.15) is 0 Å². The van der Waals surface area contributed by atoms with E-state index in [9.17, 15) is 0 Å². The summed E-state index contributed by atoms with van der Waals surface area (Å²) in [6, 6.07) is 0. The van der Waals surface area contributed by atoms with Crippen LogP contribution in [-0.4, -0.2) is 50.8 Å². The molecule has 0 N–H and O–H groups in total. The molecule has 0 saturated carbocycles. The van der Waals surface area contributed by atoms with Crippen LogP contribution in [-0.2, 0) is 11.4 Å². The van der Waals surface area contributed by atoms with Crippen LogP contribution in [0.5, 0.6) is 0 Å². The molecule has 0 rings (SSSR count). The van der Waals surface area contributed by atoms with Gasteiger partial charge in [0.15, 0.2) is 0 Å². The molecule has 0 heterocycles. The Morgan fingerprint density at radius 3 is 0.692 bits per heavy atom. The fourth-order valence-electron chi connectivity index (χ4n) is 3.68. The van der Waals surface area contributed by atoms with Gasteiger partial charge in [0, 0.05) is 16.8 Å². The zero-order valence-corrected chi connectivity index (χ0v) is 19.8. The molecule has 0 aliphatic heterocycles. The first-order valence-corrected chi connectivity index (χ1v) is 12.3. The first-order valence-electron chi connectivity index (χ1n) is 10.9. The Bertz CT molecular complexity index is 263. The summed E-state index contributed by atoms with van der Waals surface area (Å²) in [6.07, 6.45) is 9.04. The third-order valence-electron chi connectivity index (χ3n) is 6.84. The molecule has 0 aromatic heterocycles. The van der Waals surface area contributed by atoms with Gasteiger partial charge in [-0.15, -0.1) is 0 Å². The Labute approximate surface area is 181 Å². The van der Waals surface area contributed by atoms with Crippen LogP contribution in [0.2, 0.25) is 0 Å². The van der Waals surface area contributed by atoms with E-state index in [0.717, 1.165) is 57.8 Å². The van der Waals surface area contributed by atoms with Crippen molar-refractivity contribution in [2.24, 2.45) is 0 Å². The molecule has 0 aliphatic carbocycles. The third kappa shape index (κ3) is 7.79. The molecule has 0 aromatic carbocycles. The molecular formula is C21H46AlLiO3. The van der Waals surface area contributed by atoms with Gasteiger partial charge in [-0.05, 0) is 57.8 Å². The van der Waals surface area contributed by atoms with Crippen molar-refractivity contribution in [1.29, 1.82) is 0 Å². The zero-order chi connectivity index (χ0) is 19.6. The van der Waals surface area contributed by atoms with Gasteiger partial charge in [0.05, 0.1) is 0 Å². The first-order chi connectivity index (χ1) is 11.8. The van der Waals surface area contributed by atoms with Gasteiger partial charge in [-0.25, -0.2) is 0 Å². The van der Waals surface area contributed by atoms with Crippen molar-refractivity contribution in [1.82, 2.24) is 0 Å². The summed E-state index contributed by atoms with van der Waals surface area (Å²) in [5, 5.41) is 0. The van der Waals surface area contributed by atoms with Gasteiger partial charge in [0.2, 0.25) is 0 Å². The van der Waals surface area contributed by atoms with Gasteiger partial charge in [0.25, 0.3) is 0 Å². The van der Waals surface area contributed by atoms with E-state index in [1.807, 2.05) is 0 Å². The summed E-state index contributed by atoms with van der Waals surface area (Å²) in [5.74, 6) is 0. The number of rotatable bonds is 15. The molecule has 0 saturated heterocycles. The second kappa shape index (κ2) is 14.1. The molecule has 0 aliphatic rings. The Kier molecular flexibility index (Phi) is 15.8. The predicted octanol–water partition coefficient (Wildman–Crippen LogP) is 6.28. The molecule has 5 heteroatoms. The van der Waals surface area contributed by atoms with Crippen molar-refractivity contribution in [3.8, 4) is 0 Å². The van der Waals surface area contributed by atoms with Crippen molar-refractivity contribution in [2.75, 3.05) is 0 Å². The van der Waals surface area contributed by atoms with Crippen molar-refractivity contribution < 1.29 is 11.4 Å². The van der Waals surface area contributed by atoms with E-state index >= 15 is 0 Å². The fraction of sp³-hybridized carbons (Fsp3) is 1.00. The Hall–Kier alpha value is 1.01. The molecular weight excluding hydrogens is 334 g/mol. The second-order valence-electron chi connectivity index (χ2n) is 7.37. The molecule has 0 radical (unpaired) electrons. The van der Waals surface area contributed by atoms with E-state index in [1.54, 1.807) is 0 Å². The standard InChI is InChI=1S/3C7H15O.Al.Li.H/c3*1-4-7(8,5-2)6-3;;;/h3*4-6H2,1-3H3;;;/q3*-1;+3;;. The van der Waals surface area contributed by atoms with E-state index in [-0.39, 0.29) is 35.7 Å². The van der Waals surface area contributed by atoms with E-state index in [4.69, 9.17) is 11.4 Å². The van der Waals surface area contributed by atoms with E-state index in [2.05, 4.69) is 62.3 Å². The third-order valence-corrected chi connectivity index (χ3v) is 8.92. The van der Waals surface area contributed by atoms with E-state index in [0.29, 0.717) is 0 Å². The Morgan fingerprint density at radius 2 is 0.577 bits per heavy atom. The predicted molar refractivity (Wildman–Crippen MR) is 117 cm³/mol. The van der Waals surface area contributed by atoms with Crippen molar-refractivity contribution >= 4 is 34.0 Å². The van der Waals surface area contributed by atoms with E-state index < -0.39 is 15.1 Å². The SMILES string of the molecule is CCC(CC)(CC)[O][Al]([O]C(CC)(CC)CC)[O]C(CC)(CC)CC.[LiH]. The van der Waals surface area contributed by atoms with Crippen LogP contribution in [0.3, 0.4) is 0 Å². The van der Waals surface area contributed by atoms with Crippen LogP contribution in [0, 0.1) is 0 Å². The Balaban J connectivity index is 0. The Morgan fingerprint density at radius 1 is 0.423 bits per heavy atom. The molecule has 0 atom stereocenters. The monoisotopic (exact) mass is 380 g/mol. The molecule has 0 spiro atoms. The molecule has 3 nitrogen and oxygen atoms in total. The summed E-state index contributed by atoms with van der Waals surface area (Å²) < 4.78 is 20.1. The van der Waals surface area contributed by atoms with Crippen LogP contribution in [0.4, 0.5) is 0 Å². The van der Waals surface area contributed by atoms with Crippen molar-refractivity contribution in [3.05, 3.63) is 0 Å². The van der Waals surface area contributed by atoms with Crippen LogP contribution in [0.25, 0.3) is 0 Å². The van der Waals surface area contributed by atoms with Gasteiger partial charge in [-0.3, -0.25) is 0 Å². The number of hydrogen-bond acceptors (Lipinski definition) is 3. The summed E-state index contributed by atoms with van der Waals surface area (Å²) in [7, 11) is 0. The quantitative estimate of drug-likeness (QED) is 0.313. The van der Waals surface area contributed by atoms with Gasteiger partial charge < -0.3 is 11.4 Å². The topological polar surface area (TPSA) is 27.7 Å². The molecule has 0 aromatic rings. The summed E-state index contributed by atoms with van der Waals surface area (Å²) in [6.45, 7) is 20.0. The molecule has 152 valence electrons. The minimum absolute atomic E-state index is 0. The van der Waals surface area contributed by atoms with E-state index in [1.165, 1.54) is 0 Å². The second-order valence-corrected chi connectivity index (χ2v) is 8.66. The zero-order valence-electron chi connectivity index (χ0n) is 18.7. The van der Waals surface area contributed by atoms with Crippen LogP contribution < -0.4 is 0 Å². The maximum absolute atomic E-state index is 6.70. The molecule has 26 heavy (non-hydrogen) atoms. The van der Waals surface area contributed by atoms with Crippen LogP contribution in [0.15, 0.2) is 0 Å². The molecule has 0 unspecified atom stereocenters.